The van der Waals surface area contributed by atoms with Crippen molar-refractivity contribution in [2.24, 2.45) is 0 Å². The molecule has 0 radical (unpaired) electrons. The summed E-state index contributed by atoms with van der Waals surface area (Å²) in [6.07, 6.45) is 7.74. The van der Waals surface area contributed by atoms with Crippen molar-refractivity contribution in [3.8, 4) is 0 Å². The summed E-state index contributed by atoms with van der Waals surface area (Å²) in [5.74, 6) is 1.68. The molecule has 2 aromatic heterocycles. The van der Waals surface area contributed by atoms with E-state index in [1.54, 1.807) is 30.7 Å². The smallest absolute Gasteiger partial charge is 0.266 e. The Bertz CT molecular complexity index is 748. The lowest BCUT2D eigenvalue weighted by molar-refractivity contribution is 0.242. The zero-order valence-electron chi connectivity index (χ0n) is 13.7. The Morgan fingerprint density at radius 3 is 2.54 bits per heavy atom. The van der Waals surface area contributed by atoms with E-state index in [1.165, 1.54) is 23.2 Å². The molecule has 4 rings (SSSR count). The molecule has 7 nitrogen and oxygen atoms in total. The minimum Gasteiger partial charge on any atom is -0.353 e. The fourth-order valence-electron chi connectivity index (χ4n) is 3.20. The van der Waals surface area contributed by atoms with Crippen LogP contribution in [0.15, 0.2) is 35.5 Å². The minimum absolute atomic E-state index is 0.0372. The van der Waals surface area contributed by atoms with Crippen molar-refractivity contribution in [3.63, 3.8) is 0 Å². The molecule has 0 amide bonds. The van der Waals surface area contributed by atoms with Crippen LogP contribution in [0.1, 0.15) is 24.5 Å². The summed E-state index contributed by atoms with van der Waals surface area (Å²) in [7, 11) is 0. The highest BCUT2D eigenvalue weighted by Gasteiger charge is 2.30. The predicted molar refractivity (Wildman–Crippen MR) is 91.2 cm³/mol. The Hall–Kier alpha value is -2.28. The number of hydrogen-bond donors (Lipinski definition) is 0. The van der Waals surface area contributed by atoms with Crippen LogP contribution in [0.25, 0.3) is 0 Å². The summed E-state index contributed by atoms with van der Waals surface area (Å²) < 4.78 is 1.53. The molecule has 126 valence electrons. The van der Waals surface area contributed by atoms with Gasteiger partial charge in [-0.2, -0.15) is 5.10 Å². The van der Waals surface area contributed by atoms with E-state index in [0.29, 0.717) is 12.5 Å². The molecule has 2 aliphatic rings. The highest BCUT2D eigenvalue weighted by Crippen LogP contribution is 2.42. The number of anilines is 1. The van der Waals surface area contributed by atoms with Crippen molar-refractivity contribution in [2.75, 3.05) is 37.6 Å². The first-order chi connectivity index (χ1) is 11.8. The van der Waals surface area contributed by atoms with E-state index >= 15 is 0 Å². The second-order valence-corrected chi connectivity index (χ2v) is 6.45. The van der Waals surface area contributed by atoms with Gasteiger partial charge in [0.25, 0.3) is 5.56 Å². The number of piperazine rings is 1. The summed E-state index contributed by atoms with van der Waals surface area (Å²) >= 11 is 0. The van der Waals surface area contributed by atoms with Crippen molar-refractivity contribution >= 4 is 5.82 Å². The average molecular weight is 326 g/mol. The van der Waals surface area contributed by atoms with Crippen molar-refractivity contribution in [1.82, 2.24) is 24.6 Å². The molecule has 0 atom stereocenters. The zero-order valence-corrected chi connectivity index (χ0v) is 13.7. The molecule has 1 aliphatic heterocycles. The molecule has 0 aromatic carbocycles. The lowest BCUT2D eigenvalue weighted by Gasteiger charge is -2.35. The lowest BCUT2D eigenvalue weighted by Crippen LogP contribution is -2.48. The van der Waals surface area contributed by atoms with Gasteiger partial charge >= 0.3 is 0 Å². The summed E-state index contributed by atoms with van der Waals surface area (Å²) in [5.41, 5.74) is 1.13. The molecule has 0 unspecified atom stereocenters. The molecule has 0 N–H and O–H groups in total. The average Bonchev–Trinajstić information content (AvgIpc) is 3.47. The Morgan fingerprint density at radius 1 is 1.00 bits per heavy atom. The van der Waals surface area contributed by atoms with Gasteiger partial charge in [-0.1, -0.05) is 0 Å². The van der Waals surface area contributed by atoms with E-state index < -0.39 is 0 Å². The molecule has 1 saturated carbocycles. The maximum absolute atomic E-state index is 11.7. The maximum atomic E-state index is 11.7. The normalized spacial score (nSPS) is 18.8. The van der Waals surface area contributed by atoms with Crippen molar-refractivity contribution < 1.29 is 0 Å². The third-order valence-corrected chi connectivity index (χ3v) is 4.76. The minimum atomic E-state index is -0.0372. The van der Waals surface area contributed by atoms with Crippen LogP contribution in [0.2, 0.25) is 0 Å². The molecule has 0 spiro atoms. The molecule has 24 heavy (non-hydrogen) atoms. The lowest BCUT2D eigenvalue weighted by atomic mass is 10.2. The summed E-state index contributed by atoms with van der Waals surface area (Å²) in [6.45, 7) is 5.34. The van der Waals surface area contributed by atoms with Gasteiger partial charge in [-0.3, -0.25) is 14.7 Å². The van der Waals surface area contributed by atoms with Crippen molar-refractivity contribution in [1.29, 1.82) is 0 Å². The molecular formula is C17H22N6O. The summed E-state index contributed by atoms with van der Waals surface area (Å²) in [6, 6.07) is 3.23. The van der Waals surface area contributed by atoms with Gasteiger partial charge in [0.05, 0.1) is 12.2 Å². The molecule has 0 bridgehead atoms. The van der Waals surface area contributed by atoms with Crippen LogP contribution in [0.5, 0.6) is 0 Å². The largest absolute Gasteiger partial charge is 0.353 e. The summed E-state index contributed by atoms with van der Waals surface area (Å²) in [4.78, 5) is 25.6. The Balaban J connectivity index is 1.34. The molecule has 2 fully saturated rings. The van der Waals surface area contributed by atoms with Crippen LogP contribution in [-0.2, 0) is 6.54 Å². The second-order valence-electron chi connectivity index (χ2n) is 6.45. The monoisotopic (exact) mass is 326 g/mol. The van der Waals surface area contributed by atoms with E-state index in [4.69, 9.17) is 0 Å². The SMILES string of the molecule is O=c1cccnn1CCN1CCN(c2nccnc2C2CC2)CC1. The van der Waals surface area contributed by atoms with Crippen LogP contribution in [0, 0.1) is 0 Å². The molecule has 3 heterocycles. The van der Waals surface area contributed by atoms with Gasteiger partial charge in [-0.25, -0.2) is 9.67 Å². The quantitative estimate of drug-likeness (QED) is 0.807. The van der Waals surface area contributed by atoms with Gasteiger partial charge < -0.3 is 4.90 Å². The zero-order chi connectivity index (χ0) is 16.4. The number of hydrogen-bond acceptors (Lipinski definition) is 6. The molecule has 2 aromatic rings. The maximum Gasteiger partial charge on any atom is 0.266 e. The first kappa shape index (κ1) is 15.3. The van der Waals surface area contributed by atoms with E-state index in [1.807, 2.05) is 0 Å². The Morgan fingerprint density at radius 2 is 1.79 bits per heavy atom. The van der Waals surface area contributed by atoms with Crippen LogP contribution >= 0.6 is 0 Å². The molecule has 7 heteroatoms. The third kappa shape index (κ3) is 3.31. The van der Waals surface area contributed by atoms with Crippen molar-refractivity contribution in [3.05, 3.63) is 46.8 Å². The predicted octanol–water partition coefficient (Wildman–Crippen LogP) is 0.733. The Labute approximate surface area is 140 Å². The van der Waals surface area contributed by atoms with Crippen LogP contribution in [0.3, 0.4) is 0 Å². The third-order valence-electron chi connectivity index (χ3n) is 4.76. The number of nitrogens with zero attached hydrogens (tertiary/aromatic N) is 6. The fraction of sp³-hybridized carbons (Fsp3) is 0.529. The fourth-order valence-corrected chi connectivity index (χ4v) is 3.20. The van der Waals surface area contributed by atoms with Gasteiger partial charge in [-0.05, 0) is 18.9 Å². The first-order valence-electron chi connectivity index (χ1n) is 8.61. The van der Waals surface area contributed by atoms with Gasteiger partial charge in [0.1, 0.15) is 0 Å². The van der Waals surface area contributed by atoms with E-state index in [2.05, 4.69) is 24.9 Å². The highest BCUT2D eigenvalue weighted by atomic mass is 16.1. The van der Waals surface area contributed by atoms with Crippen molar-refractivity contribution in [2.45, 2.75) is 25.3 Å². The molecule has 1 aliphatic carbocycles. The van der Waals surface area contributed by atoms with Crippen LogP contribution in [-0.4, -0.2) is 57.4 Å². The number of aromatic nitrogens is 4. The van der Waals surface area contributed by atoms with Crippen LogP contribution < -0.4 is 10.5 Å². The topological polar surface area (TPSA) is 67.2 Å². The molecule has 1 saturated heterocycles. The first-order valence-corrected chi connectivity index (χ1v) is 8.61. The highest BCUT2D eigenvalue weighted by molar-refractivity contribution is 5.46. The van der Waals surface area contributed by atoms with Crippen LogP contribution in [0.4, 0.5) is 5.82 Å². The van der Waals surface area contributed by atoms with Gasteiger partial charge in [0.2, 0.25) is 0 Å². The van der Waals surface area contributed by atoms with Gasteiger partial charge in [-0.15, -0.1) is 0 Å². The Kier molecular flexibility index (Phi) is 4.25. The van der Waals surface area contributed by atoms with Gasteiger partial charge in [0.15, 0.2) is 5.82 Å². The van der Waals surface area contributed by atoms with Gasteiger partial charge in [0, 0.05) is 63.3 Å². The second kappa shape index (κ2) is 6.68. The van der Waals surface area contributed by atoms with E-state index in [9.17, 15) is 4.79 Å². The number of rotatable bonds is 5. The summed E-state index contributed by atoms with van der Waals surface area (Å²) in [5, 5.41) is 4.11. The molecular weight excluding hydrogens is 304 g/mol. The standard InChI is InChI=1S/C17H22N6O/c24-15-2-1-5-20-23(15)13-10-21-8-11-22(12-9-21)17-16(14-3-4-14)18-6-7-19-17/h1-2,5-7,14H,3-4,8-13H2. The van der Waals surface area contributed by atoms with E-state index in [0.717, 1.165) is 38.5 Å². The van der Waals surface area contributed by atoms with E-state index in [-0.39, 0.29) is 5.56 Å².